The van der Waals surface area contributed by atoms with Crippen molar-refractivity contribution in [3.05, 3.63) is 35.4 Å². The molecule has 1 N–H and O–H groups in total. The zero-order valence-corrected chi connectivity index (χ0v) is 18.4. The number of nitrogens with one attached hydrogen (secondary N) is 1. The summed E-state index contributed by atoms with van der Waals surface area (Å²) >= 11 is 0. The molecule has 3 rings (SSSR count). The summed E-state index contributed by atoms with van der Waals surface area (Å²) < 4.78 is 32.5. The van der Waals surface area contributed by atoms with Crippen LogP contribution >= 0.6 is 0 Å². The van der Waals surface area contributed by atoms with E-state index in [0.717, 1.165) is 44.7 Å². The Balaban J connectivity index is 1.52. The second-order valence-electron chi connectivity index (χ2n) is 8.02. The molecule has 0 saturated carbocycles. The Hall–Kier alpha value is -2.26. The van der Waals surface area contributed by atoms with Crippen molar-refractivity contribution in [2.45, 2.75) is 19.8 Å². The topological polar surface area (TPSA) is 60.4 Å². The predicted molar refractivity (Wildman–Crippen MR) is 116 cm³/mol. The van der Waals surface area contributed by atoms with Gasteiger partial charge in [0.05, 0.1) is 19.8 Å². The number of hydrogen-bond donors (Lipinski definition) is 1. The predicted octanol–water partition coefficient (Wildman–Crippen LogP) is 1.51. The summed E-state index contributed by atoms with van der Waals surface area (Å²) in [5.74, 6) is -0.327. The molecule has 2 saturated heterocycles. The SMILES string of the molecule is CCNC(=NCC(C)c1ccc(F)cc1F)N1CCN(CC(=O)N2CCOCC2)CC1. The smallest absolute Gasteiger partial charge is 0.236 e. The van der Waals surface area contributed by atoms with Crippen molar-refractivity contribution >= 4 is 11.9 Å². The number of ether oxygens (including phenoxy) is 1. The number of morpholine rings is 1. The van der Waals surface area contributed by atoms with Gasteiger partial charge in [0, 0.05) is 64.3 Å². The van der Waals surface area contributed by atoms with Gasteiger partial charge < -0.3 is 19.9 Å². The summed E-state index contributed by atoms with van der Waals surface area (Å²) in [6.45, 7) is 11.1. The molecule has 1 unspecified atom stereocenters. The first-order valence-electron chi connectivity index (χ1n) is 11.0. The number of halogens is 2. The van der Waals surface area contributed by atoms with E-state index in [0.29, 0.717) is 45.0 Å². The number of amides is 1. The van der Waals surface area contributed by atoms with Crippen molar-refractivity contribution in [2.24, 2.45) is 4.99 Å². The third kappa shape index (κ3) is 6.61. The van der Waals surface area contributed by atoms with E-state index in [1.54, 1.807) is 0 Å². The van der Waals surface area contributed by atoms with Crippen LogP contribution in [0.15, 0.2) is 23.2 Å². The number of piperazine rings is 1. The fraction of sp³-hybridized carbons (Fsp3) is 0.636. The number of rotatable bonds is 6. The van der Waals surface area contributed by atoms with E-state index in [2.05, 4.69) is 15.1 Å². The molecule has 2 fully saturated rings. The first-order chi connectivity index (χ1) is 15.0. The molecule has 1 atom stereocenters. The monoisotopic (exact) mass is 437 g/mol. The van der Waals surface area contributed by atoms with Crippen LogP contribution in [0.3, 0.4) is 0 Å². The number of carbonyl (C=O) groups excluding carboxylic acids is 1. The average Bonchev–Trinajstić information content (AvgIpc) is 2.77. The van der Waals surface area contributed by atoms with Crippen LogP contribution in [0, 0.1) is 11.6 Å². The van der Waals surface area contributed by atoms with Crippen LogP contribution in [0.5, 0.6) is 0 Å². The zero-order chi connectivity index (χ0) is 22.2. The van der Waals surface area contributed by atoms with Crippen LogP contribution in [0.4, 0.5) is 8.78 Å². The van der Waals surface area contributed by atoms with E-state index < -0.39 is 11.6 Å². The van der Waals surface area contributed by atoms with E-state index >= 15 is 0 Å². The molecule has 1 amide bonds. The van der Waals surface area contributed by atoms with E-state index in [1.165, 1.54) is 12.1 Å². The number of aliphatic imine (C=N–C) groups is 1. The summed E-state index contributed by atoms with van der Waals surface area (Å²) in [5.41, 5.74) is 0.465. The Morgan fingerprint density at radius 3 is 2.48 bits per heavy atom. The lowest BCUT2D eigenvalue weighted by atomic mass is 10.0. The zero-order valence-electron chi connectivity index (χ0n) is 18.4. The second-order valence-corrected chi connectivity index (χ2v) is 8.02. The summed E-state index contributed by atoms with van der Waals surface area (Å²) in [6, 6.07) is 3.68. The fourth-order valence-corrected chi connectivity index (χ4v) is 3.87. The van der Waals surface area contributed by atoms with Crippen LogP contribution in [-0.4, -0.2) is 98.7 Å². The molecule has 2 heterocycles. The number of benzene rings is 1. The molecule has 0 bridgehead atoms. The Kier molecular flexibility index (Phi) is 8.60. The Bertz CT molecular complexity index is 762. The Morgan fingerprint density at radius 2 is 1.84 bits per heavy atom. The third-order valence-electron chi connectivity index (χ3n) is 5.74. The van der Waals surface area contributed by atoms with Crippen molar-refractivity contribution in [3.63, 3.8) is 0 Å². The fourth-order valence-electron chi connectivity index (χ4n) is 3.87. The van der Waals surface area contributed by atoms with Gasteiger partial charge in [-0.15, -0.1) is 0 Å². The van der Waals surface area contributed by atoms with Crippen molar-refractivity contribution in [1.82, 2.24) is 20.0 Å². The normalized spacial score (nSPS) is 19.4. The van der Waals surface area contributed by atoms with Crippen LogP contribution < -0.4 is 5.32 Å². The van der Waals surface area contributed by atoms with Gasteiger partial charge in [-0.1, -0.05) is 13.0 Å². The van der Waals surface area contributed by atoms with Gasteiger partial charge in [0.2, 0.25) is 5.91 Å². The van der Waals surface area contributed by atoms with Crippen LogP contribution in [0.2, 0.25) is 0 Å². The highest BCUT2D eigenvalue weighted by molar-refractivity contribution is 5.80. The molecule has 172 valence electrons. The minimum Gasteiger partial charge on any atom is -0.378 e. The van der Waals surface area contributed by atoms with Crippen molar-refractivity contribution in [3.8, 4) is 0 Å². The Morgan fingerprint density at radius 1 is 1.13 bits per heavy atom. The van der Waals surface area contributed by atoms with Crippen molar-refractivity contribution in [1.29, 1.82) is 0 Å². The molecular formula is C22H33F2N5O2. The maximum atomic E-state index is 14.1. The van der Waals surface area contributed by atoms with Crippen molar-refractivity contribution in [2.75, 3.05) is 72.1 Å². The maximum absolute atomic E-state index is 14.1. The van der Waals surface area contributed by atoms with E-state index in [9.17, 15) is 13.6 Å². The highest BCUT2D eigenvalue weighted by atomic mass is 19.1. The minimum atomic E-state index is -0.574. The molecule has 2 aliphatic rings. The van der Waals surface area contributed by atoms with Gasteiger partial charge in [-0.25, -0.2) is 8.78 Å². The van der Waals surface area contributed by atoms with Gasteiger partial charge in [-0.05, 0) is 18.6 Å². The molecule has 0 aliphatic carbocycles. The molecule has 2 aliphatic heterocycles. The highest BCUT2D eigenvalue weighted by Gasteiger charge is 2.24. The molecule has 1 aromatic carbocycles. The lowest BCUT2D eigenvalue weighted by molar-refractivity contribution is -0.136. The number of carbonyl (C=O) groups is 1. The van der Waals surface area contributed by atoms with Crippen molar-refractivity contribution < 1.29 is 18.3 Å². The van der Waals surface area contributed by atoms with Crippen LogP contribution in [-0.2, 0) is 9.53 Å². The lowest BCUT2D eigenvalue weighted by Gasteiger charge is -2.37. The van der Waals surface area contributed by atoms with Gasteiger partial charge in [-0.3, -0.25) is 14.7 Å². The molecular weight excluding hydrogens is 404 g/mol. The molecule has 0 spiro atoms. The average molecular weight is 438 g/mol. The van der Waals surface area contributed by atoms with Gasteiger partial charge in [0.1, 0.15) is 11.6 Å². The Labute approximate surface area is 183 Å². The van der Waals surface area contributed by atoms with Gasteiger partial charge >= 0.3 is 0 Å². The first-order valence-corrected chi connectivity index (χ1v) is 11.0. The van der Waals surface area contributed by atoms with E-state index in [1.807, 2.05) is 18.7 Å². The highest BCUT2D eigenvalue weighted by Crippen LogP contribution is 2.20. The van der Waals surface area contributed by atoms with Gasteiger partial charge in [0.25, 0.3) is 0 Å². The number of nitrogens with zero attached hydrogens (tertiary/aromatic N) is 4. The molecule has 1 aromatic rings. The van der Waals surface area contributed by atoms with Crippen LogP contribution in [0.1, 0.15) is 25.3 Å². The molecule has 9 heteroatoms. The van der Waals surface area contributed by atoms with Crippen LogP contribution in [0.25, 0.3) is 0 Å². The molecule has 7 nitrogen and oxygen atoms in total. The second kappa shape index (κ2) is 11.4. The maximum Gasteiger partial charge on any atom is 0.236 e. The lowest BCUT2D eigenvalue weighted by Crippen LogP contribution is -2.55. The summed E-state index contributed by atoms with van der Waals surface area (Å²) in [5, 5.41) is 3.30. The number of guanidine groups is 1. The summed E-state index contributed by atoms with van der Waals surface area (Å²) in [6.07, 6.45) is 0. The summed E-state index contributed by atoms with van der Waals surface area (Å²) in [4.78, 5) is 23.4. The number of hydrogen-bond acceptors (Lipinski definition) is 4. The first kappa shape index (κ1) is 23.4. The third-order valence-corrected chi connectivity index (χ3v) is 5.74. The summed E-state index contributed by atoms with van der Waals surface area (Å²) in [7, 11) is 0. The molecule has 0 radical (unpaired) electrons. The van der Waals surface area contributed by atoms with Gasteiger partial charge in [0.15, 0.2) is 5.96 Å². The quantitative estimate of drug-likeness (QED) is 0.540. The van der Waals surface area contributed by atoms with Gasteiger partial charge in [-0.2, -0.15) is 0 Å². The standard InChI is InChI=1S/C22H33F2N5O2/c1-3-25-22(26-15-17(2)19-5-4-18(23)14-20(19)24)29-8-6-27(7-9-29)16-21(30)28-10-12-31-13-11-28/h4-5,14,17H,3,6-13,15-16H2,1-2H3,(H,25,26). The molecule has 0 aromatic heterocycles. The largest absolute Gasteiger partial charge is 0.378 e. The van der Waals surface area contributed by atoms with E-state index in [4.69, 9.17) is 9.73 Å². The molecule has 31 heavy (non-hydrogen) atoms. The minimum absolute atomic E-state index is 0.160. The van der Waals surface area contributed by atoms with E-state index in [-0.39, 0.29) is 11.8 Å².